The van der Waals surface area contributed by atoms with Gasteiger partial charge in [-0.25, -0.2) is 0 Å². The minimum absolute atomic E-state index is 0.298. The van der Waals surface area contributed by atoms with Crippen LogP contribution in [0.1, 0.15) is 23.1 Å². The molecule has 0 amide bonds. The summed E-state index contributed by atoms with van der Waals surface area (Å²) in [6, 6.07) is 8.83. The van der Waals surface area contributed by atoms with E-state index in [0.29, 0.717) is 5.54 Å². The van der Waals surface area contributed by atoms with Crippen molar-refractivity contribution < 1.29 is 4.74 Å². The molecule has 1 radical (unpaired) electrons. The number of methoxy groups -OCH3 is 1. The fourth-order valence-electron chi connectivity index (χ4n) is 2.35. The van der Waals surface area contributed by atoms with Gasteiger partial charge in [-0.15, -0.1) is 0 Å². The predicted octanol–water partition coefficient (Wildman–Crippen LogP) is 3.50. The van der Waals surface area contributed by atoms with Crippen molar-refractivity contribution in [3.05, 3.63) is 41.5 Å². The van der Waals surface area contributed by atoms with Gasteiger partial charge in [-0.3, -0.25) is 0 Å². The third-order valence-electron chi connectivity index (χ3n) is 3.21. The maximum atomic E-state index is 5.18. The van der Waals surface area contributed by atoms with E-state index in [2.05, 4.69) is 43.4 Å². The number of hydrogen-bond acceptors (Lipinski definition) is 1. The van der Waals surface area contributed by atoms with Crippen LogP contribution in [0, 0.1) is 0 Å². The van der Waals surface area contributed by atoms with E-state index in [1.807, 2.05) is 0 Å². The highest BCUT2D eigenvalue weighted by molar-refractivity contribution is 6.58. The van der Waals surface area contributed by atoms with Gasteiger partial charge in [0.1, 0.15) is 0 Å². The van der Waals surface area contributed by atoms with E-state index in [4.69, 9.17) is 4.74 Å². The second kappa shape index (κ2) is 4.98. The SMILES string of the molecule is COCCC1=CC([Si](C)C)c2ccccc21. The summed E-state index contributed by atoms with van der Waals surface area (Å²) < 4.78 is 5.18. The standard InChI is InChI=1S/C14H19OSi/c1-15-9-8-11-10-14(16(2)3)13-7-5-4-6-12(11)13/h4-7,10,14H,8-9H2,1-3H3. The molecular formula is C14H19OSi. The van der Waals surface area contributed by atoms with Crippen LogP contribution in [0.3, 0.4) is 0 Å². The van der Waals surface area contributed by atoms with Crippen molar-refractivity contribution in [2.45, 2.75) is 25.1 Å². The molecule has 2 rings (SSSR count). The van der Waals surface area contributed by atoms with Gasteiger partial charge in [-0.2, -0.15) is 0 Å². The van der Waals surface area contributed by atoms with Gasteiger partial charge in [0, 0.05) is 7.11 Å². The number of allylic oxidation sites excluding steroid dienone is 1. The maximum Gasteiger partial charge on any atom is 0.0548 e. The summed E-state index contributed by atoms with van der Waals surface area (Å²) in [4.78, 5) is 0. The van der Waals surface area contributed by atoms with Gasteiger partial charge in [0.05, 0.1) is 15.4 Å². The van der Waals surface area contributed by atoms with Crippen LogP contribution in [-0.2, 0) is 4.74 Å². The lowest BCUT2D eigenvalue weighted by molar-refractivity contribution is 0.206. The van der Waals surface area contributed by atoms with Crippen LogP contribution in [0.2, 0.25) is 13.1 Å². The molecule has 0 spiro atoms. The molecule has 16 heavy (non-hydrogen) atoms. The van der Waals surface area contributed by atoms with Gasteiger partial charge in [-0.1, -0.05) is 43.4 Å². The molecule has 0 aromatic heterocycles. The van der Waals surface area contributed by atoms with Gasteiger partial charge < -0.3 is 4.74 Å². The lowest BCUT2D eigenvalue weighted by atomic mass is 10.0. The van der Waals surface area contributed by atoms with Crippen LogP contribution in [-0.4, -0.2) is 22.5 Å². The Morgan fingerprint density at radius 2 is 2.00 bits per heavy atom. The molecule has 1 aliphatic rings. The molecule has 0 aliphatic heterocycles. The molecule has 1 nitrogen and oxygen atoms in total. The number of fused-ring (bicyclic) bond motifs is 1. The molecule has 1 aromatic carbocycles. The van der Waals surface area contributed by atoms with Gasteiger partial charge in [0.2, 0.25) is 0 Å². The van der Waals surface area contributed by atoms with Crippen molar-refractivity contribution >= 4 is 14.4 Å². The molecular weight excluding hydrogens is 212 g/mol. The van der Waals surface area contributed by atoms with Crippen LogP contribution in [0.4, 0.5) is 0 Å². The van der Waals surface area contributed by atoms with E-state index in [0.717, 1.165) is 13.0 Å². The van der Waals surface area contributed by atoms with Gasteiger partial charge in [0.15, 0.2) is 0 Å². The Hall–Kier alpha value is -0.863. The number of hydrogen-bond donors (Lipinski definition) is 0. The average molecular weight is 231 g/mol. The van der Waals surface area contributed by atoms with E-state index in [1.165, 1.54) is 16.7 Å². The molecule has 1 unspecified atom stereocenters. The average Bonchev–Trinajstić information content (AvgIpc) is 2.65. The second-order valence-corrected chi connectivity index (χ2v) is 7.35. The molecule has 1 aliphatic carbocycles. The Morgan fingerprint density at radius 1 is 1.25 bits per heavy atom. The van der Waals surface area contributed by atoms with E-state index in [-0.39, 0.29) is 8.80 Å². The van der Waals surface area contributed by atoms with Crippen LogP contribution in [0.25, 0.3) is 5.57 Å². The molecule has 0 fully saturated rings. The van der Waals surface area contributed by atoms with Crippen molar-refractivity contribution in [2.24, 2.45) is 0 Å². The summed E-state index contributed by atoms with van der Waals surface area (Å²) in [5.74, 6) is 0. The van der Waals surface area contributed by atoms with Crippen molar-refractivity contribution in [2.75, 3.05) is 13.7 Å². The van der Waals surface area contributed by atoms with Crippen molar-refractivity contribution in [1.29, 1.82) is 0 Å². The summed E-state index contributed by atoms with van der Waals surface area (Å²) >= 11 is 0. The number of rotatable bonds is 4. The van der Waals surface area contributed by atoms with Crippen LogP contribution >= 0.6 is 0 Å². The number of ether oxygens (including phenoxy) is 1. The molecule has 0 heterocycles. The Morgan fingerprint density at radius 3 is 2.69 bits per heavy atom. The molecule has 0 bridgehead atoms. The molecule has 0 N–H and O–H groups in total. The third kappa shape index (κ3) is 2.13. The maximum absolute atomic E-state index is 5.18. The van der Waals surface area contributed by atoms with Crippen molar-refractivity contribution in [1.82, 2.24) is 0 Å². The summed E-state index contributed by atoms with van der Waals surface area (Å²) in [7, 11) is 1.47. The van der Waals surface area contributed by atoms with Gasteiger partial charge in [0.25, 0.3) is 0 Å². The largest absolute Gasteiger partial charge is 0.384 e. The quantitative estimate of drug-likeness (QED) is 0.721. The molecule has 2 heteroatoms. The Bertz CT molecular complexity index is 395. The smallest absolute Gasteiger partial charge is 0.0548 e. The summed E-state index contributed by atoms with van der Waals surface area (Å²) in [6.07, 6.45) is 3.51. The van der Waals surface area contributed by atoms with Crippen LogP contribution in [0.15, 0.2) is 30.3 Å². The fraction of sp³-hybridized carbons (Fsp3) is 0.429. The first-order chi connectivity index (χ1) is 7.74. The Labute approximate surface area is 99.7 Å². The summed E-state index contributed by atoms with van der Waals surface area (Å²) in [5, 5.41) is 0. The highest BCUT2D eigenvalue weighted by Crippen LogP contribution is 2.38. The van der Waals surface area contributed by atoms with Crippen LogP contribution in [0.5, 0.6) is 0 Å². The lowest BCUT2D eigenvalue weighted by Crippen LogP contribution is -2.11. The first kappa shape index (κ1) is 11.6. The first-order valence-corrected chi connectivity index (χ1v) is 8.40. The summed E-state index contributed by atoms with van der Waals surface area (Å²) in [5.41, 5.74) is 5.16. The Kier molecular flexibility index (Phi) is 3.61. The minimum atomic E-state index is -0.298. The van der Waals surface area contributed by atoms with Gasteiger partial charge in [-0.05, 0) is 28.7 Å². The van der Waals surface area contributed by atoms with Crippen molar-refractivity contribution in [3.8, 4) is 0 Å². The highest BCUT2D eigenvalue weighted by Gasteiger charge is 2.25. The monoisotopic (exact) mass is 231 g/mol. The normalized spacial score (nSPS) is 18.8. The van der Waals surface area contributed by atoms with Gasteiger partial charge >= 0.3 is 0 Å². The zero-order valence-electron chi connectivity index (χ0n) is 10.3. The first-order valence-electron chi connectivity index (χ1n) is 5.83. The highest BCUT2D eigenvalue weighted by atomic mass is 28.3. The number of benzene rings is 1. The summed E-state index contributed by atoms with van der Waals surface area (Å²) in [6.45, 7) is 5.60. The van der Waals surface area contributed by atoms with Crippen molar-refractivity contribution in [3.63, 3.8) is 0 Å². The molecule has 0 saturated carbocycles. The van der Waals surface area contributed by atoms with E-state index in [1.54, 1.807) is 7.11 Å². The molecule has 1 atom stereocenters. The molecule has 85 valence electrons. The Balaban J connectivity index is 2.30. The fourth-order valence-corrected chi connectivity index (χ4v) is 3.76. The molecule has 0 saturated heterocycles. The van der Waals surface area contributed by atoms with E-state index >= 15 is 0 Å². The topological polar surface area (TPSA) is 9.23 Å². The second-order valence-electron chi connectivity index (χ2n) is 4.58. The predicted molar refractivity (Wildman–Crippen MR) is 71.1 cm³/mol. The van der Waals surface area contributed by atoms with E-state index in [9.17, 15) is 0 Å². The lowest BCUT2D eigenvalue weighted by Gasteiger charge is -2.12. The van der Waals surface area contributed by atoms with Crippen LogP contribution < -0.4 is 0 Å². The third-order valence-corrected chi connectivity index (χ3v) is 4.93. The zero-order valence-corrected chi connectivity index (χ0v) is 11.3. The minimum Gasteiger partial charge on any atom is -0.384 e. The molecule has 1 aromatic rings. The zero-order chi connectivity index (χ0) is 11.5. The van der Waals surface area contributed by atoms with E-state index < -0.39 is 0 Å².